The molecule has 3 fully saturated rings. The molecule has 40 heavy (non-hydrogen) atoms. The first kappa shape index (κ1) is 29.7. The molecule has 0 amide bonds. The Morgan fingerprint density at radius 3 is 2.73 bits per heavy atom. The van der Waals surface area contributed by atoms with Crippen molar-refractivity contribution < 1.29 is 33.6 Å². The van der Waals surface area contributed by atoms with E-state index < -0.39 is 35.5 Å². The van der Waals surface area contributed by atoms with E-state index in [0.717, 1.165) is 37.7 Å². The first-order valence-corrected chi connectivity index (χ1v) is 15.2. The Balaban J connectivity index is 1.52. The number of allylic oxidation sites excluding steroid dienone is 4. The number of carbonyl (C=O) groups excluding carboxylic acids is 1. The lowest BCUT2D eigenvalue weighted by molar-refractivity contribution is -0.335. The van der Waals surface area contributed by atoms with Crippen LogP contribution in [-0.4, -0.2) is 66.7 Å². The second kappa shape index (κ2) is 11.8. The third kappa shape index (κ3) is 5.65. The van der Waals surface area contributed by atoms with E-state index in [1.54, 1.807) is 7.11 Å². The molecule has 0 aromatic heterocycles. The summed E-state index contributed by atoms with van der Waals surface area (Å²) in [5.41, 5.74) is 1.28. The van der Waals surface area contributed by atoms with Gasteiger partial charge in [-0.15, -0.1) is 0 Å². The molecule has 4 aliphatic heterocycles. The fourth-order valence-electron chi connectivity index (χ4n) is 7.52. The number of aliphatic hydroxyl groups is 1. The lowest BCUT2D eigenvalue weighted by Crippen LogP contribution is -2.58. The molecule has 222 valence electrons. The Kier molecular flexibility index (Phi) is 8.80. The Morgan fingerprint density at radius 2 is 1.98 bits per heavy atom. The van der Waals surface area contributed by atoms with Gasteiger partial charge in [0, 0.05) is 26.4 Å². The highest BCUT2D eigenvalue weighted by atomic mass is 16.7. The quantitative estimate of drug-likeness (QED) is 0.351. The first-order chi connectivity index (χ1) is 19.1. The lowest BCUT2D eigenvalue weighted by Gasteiger charge is -2.50. The van der Waals surface area contributed by atoms with Gasteiger partial charge in [0.1, 0.15) is 29.8 Å². The Morgan fingerprint density at radius 1 is 1.18 bits per heavy atom. The minimum absolute atomic E-state index is 0.117. The summed E-state index contributed by atoms with van der Waals surface area (Å²) >= 11 is 0. The number of ether oxygens (including phenoxy) is 5. The van der Waals surface area contributed by atoms with Crippen LogP contribution in [0.25, 0.3) is 0 Å². The minimum Gasteiger partial charge on any atom is -0.462 e. The van der Waals surface area contributed by atoms with Crippen LogP contribution in [0.1, 0.15) is 79.6 Å². The highest BCUT2D eigenvalue weighted by Crippen LogP contribution is 2.48. The van der Waals surface area contributed by atoms with Crippen molar-refractivity contribution in [2.45, 2.75) is 121 Å². The molecule has 5 aliphatic rings. The highest BCUT2D eigenvalue weighted by Gasteiger charge is 2.60. The van der Waals surface area contributed by atoms with E-state index in [4.69, 9.17) is 23.7 Å². The molecule has 2 bridgehead atoms. The average Bonchev–Trinajstić information content (AvgIpc) is 3.24. The van der Waals surface area contributed by atoms with Gasteiger partial charge in [-0.3, -0.25) is 4.79 Å². The molecule has 0 aromatic rings. The summed E-state index contributed by atoms with van der Waals surface area (Å²) in [6.07, 6.45) is 14.1. The van der Waals surface area contributed by atoms with Crippen molar-refractivity contribution in [3.05, 3.63) is 47.1 Å². The van der Waals surface area contributed by atoms with Crippen LogP contribution in [0.15, 0.2) is 47.1 Å². The summed E-state index contributed by atoms with van der Waals surface area (Å²) in [5, 5.41) is 12.3. The number of methoxy groups -OCH3 is 1. The Bertz CT molecular complexity index is 1070. The molecule has 0 saturated carbocycles. The molecule has 5 rings (SSSR count). The summed E-state index contributed by atoms with van der Waals surface area (Å²) in [4.78, 5) is 14.0. The summed E-state index contributed by atoms with van der Waals surface area (Å²) in [6, 6.07) is 0. The zero-order valence-corrected chi connectivity index (χ0v) is 25.1. The van der Waals surface area contributed by atoms with E-state index in [1.807, 2.05) is 25.2 Å². The fraction of sp³-hybridized carbons (Fsp3) is 0.727. The topological polar surface area (TPSA) is 83.5 Å². The number of esters is 1. The van der Waals surface area contributed by atoms with Crippen molar-refractivity contribution in [2.24, 2.45) is 17.8 Å². The van der Waals surface area contributed by atoms with Crippen LogP contribution < -0.4 is 0 Å². The van der Waals surface area contributed by atoms with Crippen molar-refractivity contribution in [2.75, 3.05) is 13.7 Å². The summed E-state index contributed by atoms with van der Waals surface area (Å²) in [5.74, 6) is -1.32. The molecule has 1 N–H and O–H groups in total. The molecule has 4 heterocycles. The fourth-order valence-corrected chi connectivity index (χ4v) is 7.52. The molecule has 3 saturated heterocycles. The molecular weight excluding hydrogens is 508 g/mol. The third-order valence-corrected chi connectivity index (χ3v) is 9.72. The maximum atomic E-state index is 14.0. The molecule has 1 aliphatic carbocycles. The van der Waals surface area contributed by atoms with Crippen molar-refractivity contribution in [1.82, 2.24) is 0 Å². The van der Waals surface area contributed by atoms with Gasteiger partial charge in [0.2, 0.25) is 0 Å². The van der Waals surface area contributed by atoms with Crippen molar-refractivity contribution >= 4 is 5.97 Å². The van der Waals surface area contributed by atoms with Crippen molar-refractivity contribution in [3.63, 3.8) is 0 Å². The van der Waals surface area contributed by atoms with Gasteiger partial charge in [0.05, 0.1) is 18.8 Å². The van der Waals surface area contributed by atoms with E-state index in [9.17, 15) is 9.90 Å². The average molecular weight is 557 g/mol. The standard InChI is InChI=1S/C33H48O7/c1-7-28-22(4)13-14-32(40-28)18-26-17-25(39-32)12-11-21(3)15-20(2)9-8-10-24-19-37-30-29(36-6)23(5)16-27(31(34)38-26)33(24,30)35/h8-11,16,20,22,25-30,35H,7,12-15,17-19H2,1-6H3. The third-order valence-electron chi connectivity index (χ3n) is 9.72. The van der Waals surface area contributed by atoms with E-state index in [2.05, 4.69) is 39.8 Å². The monoisotopic (exact) mass is 556 g/mol. The Hall–Kier alpha value is -1.77. The van der Waals surface area contributed by atoms with Crippen LogP contribution >= 0.6 is 0 Å². The highest BCUT2D eigenvalue weighted by molar-refractivity contribution is 5.78. The smallest absolute Gasteiger partial charge is 0.316 e. The van der Waals surface area contributed by atoms with E-state index in [1.165, 1.54) is 5.57 Å². The van der Waals surface area contributed by atoms with Crippen LogP contribution in [0.2, 0.25) is 0 Å². The van der Waals surface area contributed by atoms with Gasteiger partial charge in [-0.05, 0) is 62.5 Å². The summed E-state index contributed by atoms with van der Waals surface area (Å²) < 4.78 is 31.5. The molecule has 7 nitrogen and oxygen atoms in total. The van der Waals surface area contributed by atoms with E-state index in [0.29, 0.717) is 30.3 Å². The molecular formula is C33H48O7. The number of hydrogen-bond acceptors (Lipinski definition) is 7. The van der Waals surface area contributed by atoms with Crippen LogP contribution in [0, 0.1) is 17.8 Å². The lowest BCUT2D eigenvalue weighted by atomic mass is 9.70. The predicted molar refractivity (Wildman–Crippen MR) is 152 cm³/mol. The largest absolute Gasteiger partial charge is 0.462 e. The van der Waals surface area contributed by atoms with Crippen LogP contribution in [0.3, 0.4) is 0 Å². The first-order valence-electron chi connectivity index (χ1n) is 15.2. The number of carbonyl (C=O) groups is 1. The SMILES string of the molecule is CCC1OC2(CCC1C)CC1CC(CC=C(C)CC(C)C=CC=C3COC4C(OC)C(C)=CC(C(=O)O1)C34O)O2. The Labute approximate surface area is 239 Å². The molecule has 10 atom stereocenters. The summed E-state index contributed by atoms with van der Waals surface area (Å²) in [6.45, 7) is 10.9. The molecule has 7 heteroatoms. The van der Waals surface area contributed by atoms with E-state index >= 15 is 0 Å². The van der Waals surface area contributed by atoms with Crippen molar-refractivity contribution in [3.8, 4) is 0 Å². The molecule has 10 unspecified atom stereocenters. The van der Waals surface area contributed by atoms with Gasteiger partial charge < -0.3 is 28.8 Å². The van der Waals surface area contributed by atoms with Crippen LogP contribution in [0.4, 0.5) is 0 Å². The van der Waals surface area contributed by atoms with Gasteiger partial charge in [-0.25, -0.2) is 0 Å². The molecule has 1 spiro atoms. The molecule has 0 radical (unpaired) electrons. The van der Waals surface area contributed by atoms with E-state index in [-0.39, 0.29) is 24.9 Å². The van der Waals surface area contributed by atoms with Gasteiger partial charge in [0.15, 0.2) is 5.79 Å². The second-order valence-corrected chi connectivity index (χ2v) is 12.9. The van der Waals surface area contributed by atoms with Gasteiger partial charge >= 0.3 is 5.97 Å². The number of hydrogen-bond donors (Lipinski definition) is 1. The maximum absolute atomic E-state index is 14.0. The van der Waals surface area contributed by atoms with Crippen molar-refractivity contribution in [1.29, 1.82) is 0 Å². The minimum atomic E-state index is -1.55. The predicted octanol–water partition coefficient (Wildman–Crippen LogP) is 5.58. The van der Waals surface area contributed by atoms with Crippen LogP contribution in [0.5, 0.6) is 0 Å². The van der Waals surface area contributed by atoms with Gasteiger partial charge in [-0.1, -0.05) is 56.7 Å². The zero-order chi connectivity index (χ0) is 28.7. The number of rotatable bonds is 2. The molecule has 0 aromatic carbocycles. The van der Waals surface area contributed by atoms with Gasteiger partial charge in [0.25, 0.3) is 0 Å². The normalized spacial score (nSPS) is 44.4. The second-order valence-electron chi connectivity index (χ2n) is 12.9. The maximum Gasteiger partial charge on any atom is 0.316 e. The summed E-state index contributed by atoms with van der Waals surface area (Å²) in [7, 11) is 1.61. The van der Waals surface area contributed by atoms with Crippen LogP contribution in [-0.2, 0) is 28.5 Å². The van der Waals surface area contributed by atoms with Gasteiger partial charge in [-0.2, -0.15) is 0 Å². The number of fused-ring (bicyclic) bond motifs is 2. The zero-order valence-electron chi connectivity index (χ0n) is 25.1.